The summed E-state index contributed by atoms with van der Waals surface area (Å²) in [6.45, 7) is 7.27. The normalized spacial score (nSPS) is 11.3. The highest BCUT2D eigenvalue weighted by molar-refractivity contribution is 14.0. The molecule has 2 N–H and O–H groups in total. The number of halogens is 1. The number of aliphatic imine (C=N–C) groups is 1. The number of aromatic nitrogens is 4. The van der Waals surface area contributed by atoms with Gasteiger partial charge in [-0.1, -0.05) is 31.2 Å². The van der Waals surface area contributed by atoms with Crippen LogP contribution in [0.15, 0.2) is 47.8 Å². The molecule has 0 bridgehead atoms. The second-order valence-electron chi connectivity index (χ2n) is 6.22. The number of para-hydroxylation sites is 1. The maximum absolute atomic E-state index is 4.70. The Kier molecular flexibility index (Phi) is 9.12. The maximum Gasteiger partial charge on any atom is 0.191 e. The SMILES string of the molecule is CCNC(=NCCc1cccc2cccnc12)NCCn1cnnc1CC.I. The van der Waals surface area contributed by atoms with Gasteiger partial charge in [-0.2, -0.15) is 0 Å². The Hall–Kier alpha value is -2.23. The Balaban J connectivity index is 0.00000280. The summed E-state index contributed by atoms with van der Waals surface area (Å²) in [6.07, 6.45) is 5.36. The van der Waals surface area contributed by atoms with Crippen LogP contribution in [0.4, 0.5) is 0 Å². The molecule has 0 atom stereocenters. The molecule has 0 spiro atoms. The second kappa shape index (κ2) is 11.6. The van der Waals surface area contributed by atoms with E-state index in [0.717, 1.165) is 49.8 Å². The largest absolute Gasteiger partial charge is 0.357 e. The number of benzene rings is 1. The van der Waals surface area contributed by atoms with Crippen LogP contribution >= 0.6 is 24.0 Å². The number of aryl methyl sites for hydroxylation is 1. The van der Waals surface area contributed by atoms with Gasteiger partial charge in [0.15, 0.2) is 5.96 Å². The molecule has 7 nitrogen and oxygen atoms in total. The number of nitrogens with zero attached hydrogens (tertiary/aromatic N) is 5. The standard InChI is InChI=1S/C20H27N7.HI/c1-3-18-26-25-15-27(18)14-13-24-20(21-4-2)23-12-10-17-8-5-7-16-9-6-11-22-19(16)17;/h5-9,11,15H,3-4,10,12-14H2,1-2H3,(H2,21,23,24);1H. The molecular formula is C20H28IN7. The fraction of sp³-hybridized carbons (Fsp3) is 0.400. The van der Waals surface area contributed by atoms with Crippen LogP contribution in [0.25, 0.3) is 10.9 Å². The van der Waals surface area contributed by atoms with Crippen LogP contribution in [0, 0.1) is 0 Å². The van der Waals surface area contributed by atoms with Crippen molar-refractivity contribution in [1.82, 2.24) is 30.4 Å². The van der Waals surface area contributed by atoms with E-state index in [1.54, 1.807) is 6.33 Å². The van der Waals surface area contributed by atoms with Crippen molar-refractivity contribution in [2.24, 2.45) is 4.99 Å². The first-order valence-electron chi connectivity index (χ1n) is 9.53. The van der Waals surface area contributed by atoms with Gasteiger partial charge in [0.25, 0.3) is 0 Å². The summed E-state index contributed by atoms with van der Waals surface area (Å²) in [4.78, 5) is 9.22. The fourth-order valence-corrected chi connectivity index (χ4v) is 3.03. The monoisotopic (exact) mass is 493 g/mol. The van der Waals surface area contributed by atoms with Gasteiger partial charge in [-0.05, 0) is 25.0 Å². The Morgan fingerprint density at radius 2 is 2.00 bits per heavy atom. The lowest BCUT2D eigenvalue weighted by Crippen LogP contribution is -2.39. The van der Waals surface area contributed by atoms with Crippen molar-refractivity contribution >= 4 is 40.8 Å². The van der Waals surface area contributed by atoms with Crippen LogP contribution in [0.2, 0.25) is 0 Å². The third-order valence-corrected chi connectivity index (χ3v) is 4.37. The average molecular weight is 493 g/mol. The number of hydrogen-bond acceptors (Lipinski definition) is 4. The molecule has 0 aliphatic heterocycles. The first kappa shape index (κ1) is 22.1. The van der Waals surface area contributed by atoms with Crippen molar-refractivity contribution in [2.45, 2.75) is 33.2 Å². The fourth-order valence-electron chi connectivity index (χ4n) is 3.03. The summed E-state index contributed by atoms with van der Waals surface area (Å²) in [5, 5.41) is 15.9. The molecule has 1 aromatic carbocycles. The summed E-state index contributed by atoms with van der Waals surface area (Å²) in [7, 11) is 0. The minimum absolute atomic E-state index is 0. The van der Waals surface area contributed by atoms with Crippen LogP contribution in [0.3, 0.4) is 0 Å². The molecule has 0 fully saturated rings. The first-order valence-corrected chi connectivity index (χ1v) is 9.53. The summed E-state index contributed by atoms with van der Waals surface area (Å²) >= 11 is 0. The molecular weight excluding hydrogens is 465 g/mol. The Labute approximate surface area is 183 Å². The van der Waals surface area contributed by atoms with Crippen LogP contribution < -0.4 is 10.6 Å². The topological polar surface area (TPSA) is 80.0 Å². The molecule has 3 aromatic rings. The molecule has 2 aromatic heterocycles. The Bertz CT molecular complexity index is 886. The number of hydrogen-bond donors (Lipinski definition) is 2. The van der Waals surface area contributed by atoms with Gasteiger partial charge >= 0.3 is 0 Å². The Morgan fingerprint density at radius 3 is 2.82 bits per heavy atom. The lowest BCUT2D eigenvalue weighted by atomic mass is 10.1. The predicted molar refractivity (Wildman–Crippen MR) is 124 cm³/mol. The van der Waals surface area contributed by atoms with E-state index in [1.807, 2.05) is 12.3 Å². The number of fused-ring (bicyclic) bond motifs is 1. The van der Waals surface area contributed by atoms with Crippen molar-refractivity contribution in [3.63, 3.8) is 0 Å². The molecule has 0 saturated heterocycles. The van der Waals surface area contributed by atoms with Gasteiger partial charge in [0.2, 0.25) is 0 Å². The average Bonchev–Trinajstić information content (AvgIpc) is 3.15. The van der Waals surface area contributed by atoms with Gasteiger partial charge in [-0.15, -0.1) is 34.2 Å². The minimum Gasteiger partial charge on any atom is -0.357 e. The molecule has 3 rings (SSSR count). The van der Waals surface area contributed by atoms with Crippen molar-refractivity contribution in [1.29, 1.82) is 0 Å². The van der Waals surface area contributed by atoms with Crippen molar-refractivity contribution in [3.05, 3.63) is 54.2 Å². The second-order valence-corrected chi connectivity index (χ2v) is 6.22. The zero-order valence-electron chi connectivity index (χ0n) is 16.4. The highest BCUT2D eigenvalue weighted by Crippen LogP contribution is 2.16. The van der Waals surface area contributed by atoms with Gasteiger partial charge in [0, 0.05) is 44.2 Å². The first-order chi connectivity index (χ1) is 13.3. The van der Waals surface area contributed by atoms with E-state index in [9.17, 15) is 0 Å². The highest BCUT2D eigenvalue weighted by Gasteiger charge is 2.04. The van der Waals surface area contributed by atoms with Crippen LogP contribution in [0.1, 0.15) is 25.2 Å². The summed E-state index contributed by atoms with van der Waals surface area (Å²) < 4.78 is 2.07. The third-order valence-electron chi connectivity index (χ3n) is 4.37. The van der Waals surface area contributed by atoms with E-state index in [2.05, 4.69) is 68.5 Å². The van der Waals surface area contributed by atoms with Gasteiger partial charge in [-0.25, -0.2) is 0 Å². The van der Waals surface area contributed by atoms with Gasteiger partial charge < -0.3 is 15.2 Å². The molecule has 0 aliphatic carbocycles. The molecule has 0 radical (unpaired) electrons. The predicted octanol–water partition coefficient (Wildman–Crippen LogP) is 2.80. The summed E-state index contributed by atoms with van der Waals surface area (Å²) in [6, 6.07) is 10.4. The van der Waals surface area contributed by atoms with Crippen molar-refractivity contribution in [2.75, 3.05) is 19.6 Å². The molecule has 2 heterocycles. The zero-order valence-corrected chi connectivity index (χ0v) is 18.8. The zero-order chi connectivity index (χ0) is 18.9. The van der Waals surface area contributed by atoms with E-state index in [4.69, 9.17) is 4.99 Å². The van der Waals surface area contributed by atoms with E-state index < -0.39 is 0 Å². The van der Waals surface area contributed by atoms with Crippen LogP contribution in [0.5, 0.6) is 0 Å². The molecule has 8 heteroatoms. The van der Waals surface area contributed by atoms with Gasteiger partial charge in [-0.3, -0.25) is 9.98 Å². The molecule has 0 amide bonds. The Morgan fingerprint density at radius 1 is 1.14 bits per heavy atom. The summed E-state index contributed by atoms with van der Waals surface area (Å²) in [5.41, 5.74) is 2.29. The molecule has 0 saturated carbocycles. The smallest absolute Gasteiger partial charge is 0.191 e. The molecule has 0 aliphatic rings. The number of nitrogens with one attached hydrogen (secondary N) is 2. The number of pyridine rings is 1. The molecule has 28 heavy (non-hydrogen) atoms. The van der Waals surface area contributed by atoms with E-state index in [-0.39, 0.29) is 24.0 Å². The number of rotatable bonds is 8. The van der Waals surface area contributed by atoms with Crippen LogP contribution in [-0.4, -0.2) is 45.3 Å². The third kappa shape index (κ3) is 5.88. The van der Waals surface area contributed by atoms with Gasteiger partial charge in [0.05, 0.1) is 5.52 Å². The summed E-state index contributed by atoms with van der Waals surface area (Å²) in [5.74, 6) is 1.83. The van der Waals surface area contributed by atoms with Crippen molar-refractivity contribution < 1.29 is 0 Å². The van der Waals surface area contributed by atoms with Gasteiger partial charge in [0.1, 0.15) is 12.2 Å². The van der Waals surface area contributed by atoms with E-state index in [1.165, 1.54) is 10.9 Å². The molecule has 0 unspecified atom stereocenters. The maximum atomic E-state index is 4.70. The van der Waals surface area contributed by atoms with Crippen molar-refractivity contribution in [3.8, 4) is 0 Å². The lowest BCUT2D eigenvalue weighted by molar-refractivity contribution is 0.632. The highest BCUT2D eigenvalue weighted by atomic mass is 127. The van der Waals surface area contributed by atoms with E-state index in [0.29, 0.717) is 6.54 Å². The minimum atomic E-state index is 0. The molecule has 150 valence electrons. The van der Waals surface area contributed by atoms with Crippen LogP contribution in [-0.2, 0) is 19.4 Å². The number of guanidine groups is 1. The lowest BCUT2D eigenvalue weighted by Gasteiger charge is -2.12. The quantitative estimate of drug-likeness (QED) is 0.287. The van der Waals surface area contributed by atoms with E-state index >= 15 is 0 Å².